The summed E-state index contributed by atoms with van der Waals surface area (Å²) in [6.45, 7) is 4.93. The number of aliphatic carboxylic acids is 1. The molecule has 0 spiro atoms. The Morgan fingerprint density at radius 2 is 2.07 bits per heavy atom. The van der Waals surface area contributed by atoms with Crippen molar-refractivity contribution >= 4 is 11.9 Å². The van der Waals surface area contributed by atoms with Crippen molar-refractivity contribution in [2.45, 2.75) is 32.3 Å². The van der Waals surface area contributed by atoms with Gasteiger partial charge in [0.05, 0.1) is 13.0 Å². The number of aliphatic hydroxyl groups is 1. The third kappa shape index (κ3) is 5.85. The van der Waals surface area contributed by atoms with E-state index in [0.29, 0.717) is 6.42 Å². The minimum atomic E-state index is -1.13. The van der Waals surface area contributed by atoms with Gasteiger partial charge in [-0.2, -0.15) is 0 Å². The van der Waals surface area contributed by atoms with Crippen LogP contribution in [-0.4, -0.2) is 34.9 Å². The molecule has 0 fully saturated rings. The van der Waals surface area contributed by atoms with Crippen LogP contribution in [-0.2, 0) is 14.3 Å². The Bertz CT molecular complexity index is 246. The minimum absolute atomic E-state index is 0.114. The molecule has 1 atom stereocenters. The summed E-state index contributed by atoms with van der Waals surface area (Å²) in [5.74, 6) is -1.89. The molecular weight excluding hydrogens is 200 g/mol. The first kappa shape index (κ1) is 13.6. The fourth-order valence-corrected chi connectivity index (χ4v) is 0.999. The second-order valence-electron chi connectivity index (χ2n) is 3.17. The van der Waals surface area contributed by atoms with Crippen LogP contribution in [0.25, 0.3) is 0 Å². The molecule has 0 aromatic carbocycles. The lowest BCUT2D eigenvalue weighted by atomic mass is 10.2. The second-order valence-corrected chi connectivity index (χ2v) is 3.17. The van der Waals surface area contributed by atoms with Crippen LogP contribution in [0, 0.1) is 0 Å². The Morgan fingerprint density at radius 1 is 1.47 bits per heavy atom. The Kier molecular flexibility index (Phi) is 6.37. The van der Waals surface area contributed by atoms with E-state index in [-0.39, 0.29) is 12.2 Å². The largest absolute Gasteiger partial charge is 0.481 e. The summed E-state index contributed by atoms with van der Waals surface area (Å²) in [5, 5.41) is 17.3. The lowest BCUT2D eigenvalue weighted by molar-refractivity contribution is -0.148. The number of hydrogen-bond acceptors (Lipinski definition) is 4. The molecule has 0 amide bonds. The molecule has 5 nitrogen and oxygen atoms in total. The summed E-state index contributed by atoms with van der Waals surface area (Å²) in [5.41, 5.74) is -0.114. The molecule has 1 unspecified atom stereocenters. The van der Waals surface area contributed by atoms with E-state index >= 15 is 0 Å². The molecule has 0 aromatic rings. The number of aliphatic hydroxyl groups excluding tert-OH is 1. The van der Waals surface area contributed by atoms with Gasteiger partial charge in [-0.25, -0.2) is 4.79 Å². The van der Waals surface area contributed by atoms with Crippen molar-refractivity contribution in [3.8, 4) is 0 Å². The maximum absolute atomic E-state index is 11.2. The van der Waals surface area contributed by atoms with E-state index in [4.69, 9.17) is 14.9 Å². The zero-order valence-corrected chi connectivity index (χ0v) is 8.73. The monoisotopic (exact) mass is 216 g/mol. The SMILES string of the molecule is C=C(CC(=O)O)C(=O)OC(CO)CCC. The molecule has 0 saturated heterocycles. The van der Waals surface area contributed by atoms with Crippen LogP contribution in [0.2, 0.25) is 0 Å². The number of carbonyl (C=O) groups is 2. The summed E-state index contributed by atoms with van der Waals surface area (Å²) in [6, 6.07) is 0. The summed E-state index contributed by atoms with van der Waals surface area (Å²) < 4.78 is 4.85. The summed E-state index contributed by atoms with van der Waals surface area (Å²) in [4.78, 5) is 21.5. The van der Waals surface area contributed by atoms with Crippen LogP contribution >= 0.6 is 0 Å². The predicted molar refractivity (Wildman–Crippen MR) is 53.3 cm³/mol. The number of carboxylic acid groups (broad SMARTS) is 1. The molecule has 5 heteroatoms. The number of ether oxygens (including phenoxy) is 1. The van der Waals surface area contributed by atoms with Gasteiger partial charge in [0.1, 0.15) is 6.10 Å². The van der Waals surface area contributed by atoms with Gasteiger partial charge in [0.15, 0.2) is 0 Å². The van der Waals surface area contributed by atoms with Gasteiger partial charge in [-0.15, -0.1) is 0 Å². The van der Waals surface area contributed by atoms with E-state index in [1.54, 1.807) is 0 Å². The van der Waals surface area contributed by atoms with Crippen molar-refractivity contribution < 1.29 is 24.5 Å². The van der Waals surface area contributed by atoms with E-state index in [9.17, 15) is 9.59 Å². The summed E-state index contributed by atoms with van der Waals surface area (Å²) >= 11 is 0. The van der Waals surface area contributed by atoms with Crippen LogP contribution in [0.3, 0.4) is 0 Å². The normalized spacial score (nSPS) is 11.9. The third-order valence-electron chi connectivity index (χ3n) is 1.74. The zero-order valence-electron chi connectivity index (χ0n) is 8.73. The van der Waals surface area contributed by atoms with Gasteiger partial charge in [0.2, 0.25) is 0 Å². The maximum Gasteiger partial charge on any atom is 0.334 e. The first-order valence-electron chi connectivity index (χ1n) is 4.72. The number of rotatable bonds is 7. The van der Waals surface area contributed by atoms with Crippen LogP contribution < -0.4 is 0 Å². The zero-order chi connectivity index (χ0) is 11.8. The van der Waals surface area contributed by atoms with Crippen molar-refractivity contribution in [2.75, 3.05) is 6.61 Å². The molecule has 0 rings (SSSR count). The molecule has 0 heterocycles. The quantitative estimate of drug-likeness (QED) is 0.484. The summed E-state index contributed by atoms with van der Waals surface area (Å²) in [6.07, 6.45) is 0.295. The number of esters is 1. The Labute approximate surface area is 88.4 Å². The average Bonchev–Trinajstić information content (AvgIpc) is 2.15. The van der Waals surface area contributed by atoms with Crippen molar-refractivity contribution in [3.05, 3.63) is 12.2 Å². The number of hydrogen-bond donors (Lipinski definition) is 2. The standard InChI is InChI=1S/C10H16O5/c1-3-4-8(6-11)15-10(14)7(2)5-9(12)13/h8,11H,2-6H2,1H3,(H,12,13). The number of carbonyl (C=O) groups excluding carboxylic acids is 1. The van der Waals surface area contributed by atoms with Gasteiger partial charge >= 0.3 is 11.9 Å². The van der Waals surface area contributed by atoms with E-state index < -0.39 is 24.5 Å². The maximum atomic E-state index is 11.2. The van der Waals surface area contributed by atoms with Gasteiger partial charge in [0, 0.05) is 5.57 Å². The fraction of sp³-hybridized carbons (Fsp3) is 0.600. The van der Waals surface area contributed by atoms with Gasteiger partial charge in [-0.3, -0.25) is 4.79 Å². The second kappa shape index (κ2) is 7.00. The lowest BCUT2D eigenvalue weighted by Gasteiger charge is -2.14. The van der Waals surface area contributed by atoms with Gasteiger partial charge in [-0.05, 0) is 6.42 Å². The predicted octanol–water partition coefficient (Wildman–Crippen LogP) is 0.721. The fourth-order valence-electron chi connectivity index (χ4n) is 0.999. The van der Waals surface area contributed by atoms with Crippen LogP contribution in [0.15, 0.2) is 12.2 Å². The molecule has 0 aliphatic carbocycles. The van der Waals surface area contributed by atoms with Crippen molar-refractivity contribution in [1.82, 2.24) is 0 Å². The van der Waals surface area contributed by atoms with E-state index in [2.05, 4.69) is 6.58 Å². The summed E-state index contributed by atoms with van der Waals surface area (Å²) in [7, 11) is 0. The molecule has 86 valence electrons. The Morgan fingerprint density at radius 3 is 2.47 bits per heavy atom. The minimum Gasteiger partial charge on any atom is -0.481 e. The van der Waals surface area contributed by atoms with Crippen molar-refractivity contribution in [2.24, 2.45) is 0 Å². The average molecular weight is 216 g/mol. The molecular formula is C10H16O5. The molecule has 0 saturated carbocycles. The first-order valence-corrected chi connectivity index (χ1v) is 4.72. The van der Waals surface area contributed by atoms with E-state index in [1.807, 2.05) is 6.92 Å². The molecule has 0 radical (unpaired) electrons. The number of carboxylic acids is 1. The van der Waals surface area contributed by atoms with Crippen molar-refractivity contribution in [3.63, 3.8) is 0 Å². The van der Waals surface area contributed by atoms with Crippen molar-refractivity contribution in [1.29, 1.82) is 0 Å². The molecule has 0 aromatic heterocycles. The highest BCUT2D eigenvalue weighted by molar-refractivity contribution is 5.92. The highest BCUT2D eigenvalue weighted by Crippen LogP contribution is 2.07. The Hall–Kier alpha value is -1.36. The molecule has 0 aliphatic heterocycles. The highest BCUT2D eigenvalue weighted by atomic mass is 16.6. The van der Waals surface area contributed by atoms with E-state index in [1.165, 1.54) is 0 Å². The highest BCUT2D eigenvalue weighted by Gasteiger charge is 2.17. The third-order valence-corrected chi connectivity index (χ3v) is 1.74. The van der Waals surface area contributed by atoms with Crippen LogP contribution in [0.4, 0.5) is 0 Å². The topological polar surface area (TPSA) is 83.8 Å². The molecule has 15 heavy (non-hydrogen) atoms. The molecule has 0 bridgehead atoms. The molecule has 0 aliphatic rings. The lowest BCUT2D eigenvalue weighted by Crippen LogP contribution is -2.23. The Balaban J connectivity index is 4.09. The van der Waals surface area contributed by atoms with Gasteiger partial charge in [-0.1, -0.05) is 19.9 Å². The van der Waals surface area contributed by atoms with Crippen LogP contribution in [0.5, 0.6) is 0 Å². The van der Waals surface area contributed by atoms with Gasteiger partial charge < -0.3 is 14.9 Å². The van der Waals surface area contributed by atoms with E-state index in [0.717, 1.165) is 6.42 Å². The molecule has 2 N–H and O–H groups in total. The smallest absolute Gasteiger partial charge is 0.334 e. The first-order chi connectivity index (χ1) is 7.01. The van der Waals surface area contributed by atoms with Gasteiger partial charge in [0.25, 0.3) is 0 Å². The van der Waals surface area contributed by atoms with Crippen LogP contribution in [0.1, 0.15) is 26.2 Å².